The van der Waals surface area contributed by atoms with Crippen LogP contribution in [0.2, 0.25) is 0 Å². The lowest BCUT2D eigenvalue weighted by Crippen LogP contribution is -2.24. The Morgan fingerprint density at radius 3 is 3.12 bits per heavy atom. The van der Waals surface area contributed by atoms with Crippen molar-refractivity contribution in [1.82, 2.24) is 14.9 Å². The van der Waals surface area contributed by atoms with Gasteiger partial charge in [-0.1, -0.05) is 0 Å². The van der Waals surface area contributed by atoms with E-state index in [2.05, 4.69) is 14.9 Å². The quantitative estimate of drug-likeness (QED) is 0.842. The van der Waals surface area contributed by atoms with Crippen molar-refractivity contribution in [2.75, 3.05) is 13.2 Å². The van der Waals surface area contributed by atoms with E-state index in [1.54, 1.807) is 0 Å². The fraction of sp³-hybridized carbons (Fsp3) is 0.769. The van der Waals surface area contributed by atoms with Gasteiger partial charge in [0.15, 0.2) is 0 Å². The highest BCUT2D eigenvalue weighted by molar-refractivity contribution is 4.99. The topological polar surface area (TPSA) is 39.1 Å². The van der Waals surface area contributed by atoms with Crippen LogP contribution in [0.15, 0.2) is 12.5 Å². The van der Waals surface area contributed by atoms with Crippen molar-refractivity contribution in [2.45, 2.75) is 44.8 Å². The zero-order valence-electron chi connectivity index (χ0n) is 10.3. The number of aromatic nitrogens is 2. The van der Waals surface area contributed by atoms with Gasteiger partial charge in [0.2, 0.25) is 0 Å². The fourth-order valence-corrected chi connectivity index (χ4v) is 2.43. The summed E-state index contributed by atoms with van der Waals surface area (Å²) in [5.74, 6) is 0.664. The van der Waals surface area contributed by atoms with Crippen LogP contribution in [0, 0.1) is 5.92 Å². The summed E-state index contributed by atoms with van der Waals surface area (Å²) >= 11 is 0. The Morgan fingerprint density at radius 1 is 1.41 bits per heavy atom. The first-order chi connectivity index (χ1) is 8.42. The van der Waals surface area contributed by atoms with E-state index < -0.39 is 0 Å². The number of hydrogen-bond donors (Lipinski definition) is 1. The van der Waals surface area contributed by atoms with Crippen molar-refractivity contribution >= 4 is 0 Å². The monoisotopic (exact) mass is 235 g/mol. The molecule has 0 aromatic carbocycles. The van der Waals surface area contributed by atoms with Crippen LogP contribution >= 0.6 is 0 Å². The summed E-state index contributed by atoms with van der Waals surface area (Å²) < 4.78 is 7.82. The van der Waals surface area contributed by atoms with E-state index in [1.165, 1.54) is 31.4 Å². The number of rotatable bonds is 5. The summed E-state index contributed by atoms with van der Waals surface area (Å²) in [6, 6.07) is 0.761. The van der Waals surface area contributed by atoms with E-state index in [1.807, 2.05) is 12.5 Å². The Balaban J connectivity index is 1.55. The third kappa shape index (κ3) is 3.07. The van der Waals surface area contributed by atoms with Gasteiger partial charge in [0.05, 0.1) is 18.6 Å². The Bertz CT molecular complexity index is 353. The molecule has 4 heteroatoms. The molecule has 17 heavy (non-hydrogen) atoms. The van der Waals surface area contributed by atoms with Gasteiger partial charge < -0.3 is 14.6 Å². The molecule has 1 saturated heterocycles. The maximum atomic E-state index is 5.53. The summed E-state index contributed by atoms with van der Waals surface area (Å²) in [5.41, 5.74) is 1.31. The standard InChI is InChI=1S/C13H21N3O/c1-2-11(9-17-5-1)8-16-10-14-6-13(16)7-15-12-3-4-12/h6,10-12,15H,1-5,7-9H2. The first-order valence-electron chi connectivity index (χ1n) is 6.72. The molecule has 4 nitrogen and oxygen atoms in total. The van der Waals surface area contributed by atoms with Crippen LogP contribution < -0.4 is 5.32 Å². The van der Waals surface area contributed by atoms with Crippen LogP contribution in [0.25, 0.3) is 0 Å². The molecule has 0 radical (unpaired) electrons. The molecule has 2 heterocycles. The van der Waals surface area contributed by atoms with E-state index in [0.717, 1.165) is 32.3 Å². The second-order valence-electron chi connectivity index (χ2n) is 5.28. The predicted molar refractivity (Wildman–Crippen MR) is 65.6 cm³/mol. The van der Waals surface area contributed by atoms with Gasteiger partial charge in [-0.3, -0.25) is 0 Å². The van der Waals surface area contributed by atoms with Crippen LogP contribution in [0.3, 0.4) is 0 Å². The molecule has 1 atom stereocenters. The minimum Gasteiger partial charge on any atom is -0.381 e. The van der Waals surface area contributed by atoms with Gasteiger partial charge in [0.25, 0.3) is 0 Å². The molecule has 3 rings (SSSR count). The van der Waals surface area contributed by atoms with Gasteiger partial charge in [0, 0.05) is 37.9 Å². The lowest BCUT2D eigenvalue weighted by Gasteiger charge is -2.23. The maximum Gasteiger partial charge on any atom is 0.0948 e. The average Bonchev–Trinajstić information content (AvgIpc) is 3.09. The Kier molecular flexibility index (Phi) is 3.43. The molecule has 2 fully saturated rings. The molecule has 0 bridgehead atoms. The Labute approximate surface area is 102 Å². The number of imidazole rings is 1. The van der Waals surface area contributed by atoms with E-state index in [4.69, 9.17) is 4.74 Å². The van der Waals surface area contributed by atoms with Crippen LogP contribution in [-0.2, 0) is 17.8 Å². The van der Waals surface area contributed by atoms with Gasteiger partial charge in [-0.05, 0) is 25.7 Å². The highest BCUT2D eigenvalue weighted by Gasteiger charge is 2.21. The van der Waals surface area contributed by atoms with Crippen LogP contribution in [0.4, 0.5) is 0 Å². The minimum absolute atomic E-state index is 0.664. The molecule has 1 aliphatic heterocycles. The molecule has 94 valence electrons. The molecule has 1 aromatic heterocycles. The van der Waals surface area contributed by atoms with E-state index in [-0.39, 0.29) is 0 Å². The minimum atomic E-state index is 0.664. The van der Waals surface area contributed by atoms with Crippen molar-refractivity contribution in [2.24, 2.45) is 5.92 Å². The number of hydrogen-bond acceptors (Lipinski definition) is 3. The third-order valence-corrected chi connectivity index (χ3v) is 3.66. The lowest BCUT2D eigenvalue weighted by molar-refractivity contribution is 0.0480. The first kappa shape index (κ1) is 11.2. The SMILES string of the molecule is c1ncn(CC2CCCOC2)c1CNC1CC1. The smallest absolute Gasteiger partial charge is 0.0948 e. The zero-order chi connectivity index (χ0) is 11.5. The van der Waals surface area contributed by atoms with Crippen LogP contribution in [0.5, 0.6) is 0 Å². The molecule has 1 saturated carbocycles. The Hall–Kier alpha value is -0.870. The summed E-state index contributed by atoms with van der Waals surface area (Å²) in [6.07, 6.45) is 9.11. The van der Waals surface area contributed by atoms with Crippen molar-refractivity contribution in [3.63, 3.8) is 0 Å². The summed E-state index contributed by atoms with van der Waals surface area (Å²) in [5, 5.41) is 3.54. The summed E-state index contributed by atoms with van der Waals surface area (Å²) in [4.78, 5) is 4.27. The largest absolute Gasteiger partial charge is 0.381 e. The molecule has 0 spiro atoms. The number of nitrogens with zero attached hydrogens (tertiary/aromatic N) is 2. The first-order valence-corrected chi connectivity index (χ1v) is 6.72. The van der Waals surface area contributed by atoms with Crippen molar-refractivity contribution in [3.8, 4) is 0 Å². The predicted octanol–water partition coefficient (Wildman–Crippen LogP) is 1.56. The van der Waals surface area contributed by atoms with E-state index in [0.29, 0.717) is 5.92 Å². The third-order valence-electron chi connectivity index (χ3n) is 3.66. The average molecular weight is 235 g/mol. The molecular weight excluding hydrogens is 214 g/mol. The molecular formula is C13H21N3O. The van der Waals surface area contributed by atoms with E-state index in [9.17, 15) is 0 Å². The highest BCUT2D eigenvalue weighted by Crippen LogP contribution is 2.20. The second-order valence-corrected chi connectivity index (χ2v) is 5.28. The van der Waals surface area contributed by atoms with Gasteiger partial charge in [-0.2, -0.15) is 0 Å². The molecule has 1 aliphatic carbocycles. The van der Waals surface area contributed by atoms with Gasteiger partial charge in [-0.15, -0.1) is 0 Å². The lowest BCUT2D eigenvalue weighted by atomic mass is 10.0. The Morgan fingerprint density at radius 2 is 2.35 bits per heavy atom. The van der Waals surface area contributed by atoms with Crippen LogP contribution in [0.1, 0.15) is 31.4 Å². The molecule has 2 aliphatic rings. The van der Waals surface area contributed by atoms with Gasteiger partial charge in [0.1, 0.15) is 0 Å². The zero-order valence-corrected chi connectivity index (χ0v) is 10.3. The normalized spacial score (nSPS) is 25.1. The molecule has 1 aromatic rings. The van der Waals surface area contributed by atoms with Gasteiger partial charge in [-0.25, -0.2) is 4.98 Å². The number of nitrogens with one attached hydrogen (secondary N) is 1. The maximum absolute atomic E-state index is 5.53. The molecule has 0 amide bonds. The number of ether oxygens (including phenoxy) is 1. The van der Waals surface area contributed by atoms with Crippen molar-refractivity contribution in [3.05, 3.63) is 18.2 Å². The van der Waals surface area contributed by atoms with Crippen molar-refractivity contribution in [1.29, 1.82) is 0 Å². The fourth-order valence-electron chi connectivity index (χ4n) is 2.43. The molecule has 1 N–H and O–H groups in total. The summed E-state index contributed by atoms with van der Waals surface area (Å²) in [6.45, 7) is 3.87. The van der Waals surface area contributed by atoms with Gasteiger partial charge >= 0.3 is 0 Å². The summed E-state index contributed by atoms with van der Waals surface area (Å²) in [7, 11) is 0. The highest BCUT2D eigenvalue weighted by atomic mass is 16.5. The second kappa shape index (κ2) is 5.19. The van der Waals surface area contributed by atoms with Crippen LogP contribution in [-0.4, -0.2) is 28.8 Å². The van der Waals surface area contributed by atoms with E-state index >= 15 is 0 Å². The molecule has 1 unspecified atom stereocenters. The van der Waals surface area contributed by atoms with Crippen molar-refractivity contribution < 1.29 is 4.74 Å².